The van der Waals surface area contributed by atoms with E-state index in [1.165, 1.54) is 18.2 Å². The lowest BCUT2D eigenvalue weighted by Crippen LogP contribution is -2.04. The molecule has 1 N–H and O–H groups in total. The molecule has 5 nitrogen and oxygen atoms in total. The molecule has 0 bridgehead atoms. The predicted molar refractivity (Wildman–Crippen MR) is 70.3 cm³/mol. The summed E-state index contributed by atoms with van der Waals surface area (Å²) in [5.74, 6) is -0.698. The average molecular weight is 290 g/mol. The van der Waals surface area contributed by atoms with Crippen molar-refractivity contribution in [2.75, 3.05) is 6.79 Å². The Labute approximate surface area is 119 Å². The molecule has 21 heavy (non-hydrogen) atoms. The van der Waals surface area contributed by atoms with Crippen LogP contribution in [0.1, 0.15) is 15.9 Å². The third-order valence-corrected chi connectivity index (χ3v) is 3.05. The van der Waals surface area contributed by atoms with Gasteiger partial charge >= 0.3 is 5.97 Å². The van der Waals surface area contributed by atoms with Crippen LogP contribution in [-0.2, 0) is 6.61 Å². The highest BCUT2D eigenvalue weighted by atomic mass is 19.1. The van der Waals surface area contributed by atoms with Gasteiger partial charge in [-0.3, -0.25) is 0 Å². The molecule has 0 amide bonds. The second-order valence-corrected chi connectivity index (χ2v) is 4.39. The molecule has 2 aromatic carbocycles. The predicted octanol–water partition coefficient (Wildman–Crippen LogP) is 2.83. The van der Waals surface area contributed by atoms with E-state index < -0.39 is 11.8 Å². The van der Waals surface area contributed by atoms with E-state index in [0.29, 0.717) is 17.1 Å². The van der Waals surface area contributed by atoms with Gasteiger partial charge in [-0.25, -0.2) is 9.18 Å². The molecule has 0 spiro atoms. The summed E-state index contributed by atoms with van der Waals surface area (Å²) in [6, 6.07) is 8.91. The van der Waals surface area contributed by atoms with Crippen LogP contribution in [0, 0.1) is 5.82 Å². The van der Waals surface area contributed by atoms with Gasteiger partial charge < -0.3 is 19.3 Å². The van der Waals surface area contributed by atoms with Crippen molar-refractivity contribution in [3.05, 3.63) is 53.3 Å². The normalized spacial score (nSPS) is 12.2. The molecule has 1 aliphatic rings. The van der Waals surface area contributed by atoms with Gasteiger partial charge in [0, 0.05) is 17.7 Å². The molecule has 0 unspecified atom stereocenters. The summed E-state index contributed by atoms with van der Waals surface area (Å²) >= 11 is 0. The molecular weight excluding hydrogens is 279 g/mol. The molecule has 108 valence electrons. The molecule has 0 aliphatic carbocycles. The molecule has 0 radical (unpaired) electrons. The van der Waals surface area contributed by atoms with Gasteiger partial charge in [-0.15, -0.1) is 0 Å². The number of carboxylic acids is 1. The van der Waals surface area contributed by atoms with Crippen LogP contribution < -0.4 is 14.2 Å². The molecule has 0 fully saturated rings. The van der Waals surface area contributed by atoms with Crippen LogP contribution in [-0.4, -0.2) is 17.9 Å². The lowest BCUT2D eigenvalue weighted by molar-refractivity contribution is 0.0691. The van der Waals surface area contributed by atoms with Crippen molar-refractivity contribution in [1.29, 1.82) is 0 Å². The van der Waals surface area contributed by atoms with Crippen LogP contribution in [0.3, 0.4) is 0 Å². The first kappa shape index (κ1) is 13.2. The van der Waals surface area contributed by atoms with Crippen LogP contribution in [0.15, 0.2) is 36.4 Å². The maximum Gasteiger partial charge on any atom is 0.339 e. The van der Waals surface area contributed by atoms with Crippen LogP contribution in [0.4, 0.5) is 4.39 Å². The number of fused-ring (bicyclic) bond motifs is 1. The molecule has 0 atom stereocenters. The largest absolute Gasteiger partial charge is 0.488 e. The van der Waals surface area contributed by atoms with Gasteiger partial charge in [0.2, 0.25) is 6.79 Å². The van der Waals surface area contributed by atoms with Gasteiger partial charge in [-0.2, -0.15) is 0 Å². The lowest BCUT2D eigenvalue weighted by Gasteiger charge is -2.10. The van der Waals surface area contributed by atoms with E-state index >= 15 is 0 Å². The van der Waals surface area contributed by atoms with Gasteiger partial charge in [-0.05, 0) is 6.07 Å². The highest BCUT2D eigenvalue weighted by Gasteiger charge is 2.21. The fraction of sp³-hybridized carbons (Fsp3) is 0.133. The van der Waals surface area contributed by atoms with Crippen LogP contribution in [0.25, 0.3) is 0 Å². The second kappa shape index (κ2) is 5.32. The Morgan fingerprint density at radius 3 is 2.67 bits per heavy atom. The van der Waals surface area contributed by atoms with E-state index in [4.69, 9.17) is 14.2 Å². The molecule has 0 saturated carbocycles. The summed E-state index contributed by atoms with van der Waals surface area (Å²) in [7, 11) is 0. The third kappa shape index (κ3) is 2.60. The number of rotatable bonds is 4. The Bertz CT molecular complexity index is 698. The highest BCUT2D eigenvalue weighted by molar-refractivity contribution is 5.92. The Morgan fingerprint density at radius 1 is 1.24 bits per heavy atom. The third-order valence-electron chi connectivity index (χ3n) is 3.05. The van der Waals surface area contributed by atoms with Crippen molar-refractivity contribution < 1.29 is 28.5 Å². The van der Waals surface area contributed by atoms with E-state index in [-0.39, 0.29) is 24.7 Å². The first-order valence-electron chi connectivity index (χ1n) is 6.18. The summed E-state index contributed by atoms with van der Waals surface area (Å²) in [4.78, 5) is 11.2. The summed E-state index contributed by atoms with van der Waals surface area (Å²) in [5, 5.41) is 9.20. The van der Waals surface area contributed by atoms with Crippen molar-refractivity contribution in [2.45, 2.75) is 6.61 Å². The van der Waals surface area contributed by atoms with Gasteiger partial charge in [0.1, 0.15) is 23.7 Å². The lowest BCUT2D eigenvalue weighted by atomic mass is 10.1. The number of carbonyl (C=O) groups is 1. The van der Waals surface area contributed by atoms with Crippen molar-refractivity contribution in [3.8, 4) is 17.2 Å². The molecule has 6 heteroatoms. The Hall–Kier alpha value is -2.76. The number of hydrogen-bond donors (Lipinski definition) is 1. The fourth-order valence-electron chi connectivity index (χ4n) is 1.98. The Morgan fingerprint density at radius 2 is 1.95 bits per heavy atom. The van der Waals surface area contributed by atoms with Crippen LogP contribution in [0.5, 0.6) is 17.2 Å². The minimum absolute atomic E-state index is 0.0329. The highest BCUT2D eigenvalue weighted by Crippen LogP contribution is 2.38. The smallest absolute Gasteiger partial charge is 0.339 e. The average Bonchev–Trinajstić information content (AvgIpc) is 2.92. The minimum atomic E-state index is -1.16. The van der Waals surface area contributed by atoms with Crippen molar-refractivity contribution >= 4 is 5.97 Å². The topological polar surface area (TPSA) is 65.0 Å². The van der Waals surface area contributed by atoms with Gasteiger partial charge in [0.05, 0.1) is 0 Å². The summed E-state index contributed by atoms with van der Waals surface area (Å²) in [6.45, 7) is -0.0439. The standard InChI is InChI=1S/C15H11FO5/c16-11-4-2-1-3-9(11)7-19-12-6-14-13(20-8-21-14)5-10(12)15(17)18/h1-6H,7-8H2,(H,17,18). The SMILES string of the molecule is O=C(O)c1cc2c(cc1OCc1ccccc1F)OCO2. The molecule has 1 aliphatic heterocycles. The zero-order valence-corrected chi connectivity index (χ0v) is 10.8. The number of ether oxygens (including phenoxy) is 3. The quantitative estimate of drug-likeness (QED) is 0.938. The van der Waals surface area contributed by atoms with Gasteiger partial charge in [0.15, 0.2) is 11.5 Å². The van der Waals surface area contributed by atoms with E-state index in [1.54, 1.807) is 18.2 Å². The first-order chi connectivity index (χ1) is 10.1. The van der Waals surface area contributed by atoms with E-state index in [9.17, 15) is 14.3 Å². The number of benzene rings is 2. The number of hydrogen-bond acceptors (Lipinski definition) is 4. The number of aromatic carboxylic acids is 1. The Kier molecular flexibility index (Phi) is 3.35. The van der Waals surface area contributed by atoms with Gasteiger partial charge in [-0.1, -0.05) is 18.2 Å². The number of carboxylic acid groups (broad SMARTS) is 1. The van der Waals surface area contributed by atoms with Crippen molar-refractivity contribution in [2.24, 2.45) is 0 Å². The van der Waals surface area contributed by atoms with Crippen LogP contribution >= 0.6 is 0 Å². The fourth-order valence-corrected chi connectivity index (χ4v) is 1.98. The van der Waals surface area contributed by atoms with E-state index in [0.717, 1.165) is 0 Å². The summed E-state index contributed by atoms with van der Waals surface area (Å²) < 4.78 is 29.3. The van der Waals surface area contributed by atoms with Crippen molar-refractivity contribution in [1.82, 2.24) is 0 Å². The second-order valence-electron chi connectivity index (χ2n) is 4.39. The zero-order valence-electron chi connectivity index (χ0n) is 10.8. The molecule has 3 rings (SSSR count). The molecule has 2 aromatic rings. The maximum absolute atomic E-state index is 13.5. The number of halogens is 1. The van der Waals surface area contributed by atoms with E-state index in [2.05, 4.69) is 0 Å². The summed E-state index contributed by atoms with van der Waals surface area (Å²) in [6.07, 6.45) is 0. The van der Waals surface area contributed by atoms with Gasteiger partial charge in [0.25, 0.3) is 0 Å². The van der Waals surface area contributed by atoms with Crippen molar-refractivity contribution in [3.63, 3.8) is 0 Å². The summed E-state index contributed by atoms with van der Waals surface area (Å²) in [5.41, 5.74) is 0.280. The molecule has 0 aromatic heterocycles. The molecule has 0 saturated heterocycles. The van der Waals surface area contributed by atoms with E-state index in [1.807, 2.05) is 0 Å². The molecular formula is C15H11FO5. The maximum atomic E-state index is 13.5. The minimum Gasteiger partial charge on any atom is -0.488 e. The first-order valence-corrected chi connectivity index (χ1v) is 6.18. The zero-order chi connectivity index (χ0) is 14.8. The van der Waals surface area contributed by atoms with Crippen LogP contribution in [0.2, 0.25) is 0 Å². The monoisotopic (exact) mass is 290 g/mol. The molecule has 1 heterocycles. The Balaban J connectivity index is 1.88.